The standard InChI is InChI=1S/C27H44O4/c1-6-18-22-15-17(28)11-13-27(22,4)21-12-14-26(3)19(16(2)7-10-23(29)31-5)8-9-20(26)24(21)25(18)30/h16-22,24,28H,6-15H2,1-5H3/t16-,17-,18-,19?,20?,21?,22+,24?,26-,27-/m1/s1/i1D3,6D/t6?,16-,17-,18-,19?,20?,21?,22+,24?,26-,27-. The molecule has 4 aliphatic carbocycles. The molecule has 0 saturated heterocycles. The Labute approximate surface area is 194 Å². The summed E-state index contributed by atoms with van der Waals surface area (Å²) in [4.78, 5) is 26.0. The predicted octanol–water partition coefficient (Wildman–Crippen LogP) is 5.41. The van der Waals surface area contributed by atoms with Crippen molar-refractivity contribution in [2.45, 2.75) is 97.9 Å². The van der Waals surface area contributed by atoms with E-state index in [9.17, 15) is 14.7 Å². The van der Waals surface area contributed by atoms with Crippen molar-refractivity contribution in [3.05, 3.63) is 0 Å². The van der Waals surface area contributed by atoms with Crippen molar-refractivity contribution in [3.63, 3.8) is 0 Å². The third-order valence-corrected chi connectivity index (χ3v) is 10.6. The highest BCUT2D eigenvalue weighted by molar-refractivity contribution is 5.86. The molecule has 11 atom stereocenters. The van der Waals surface area contributed by atoms with Crippen LogP contribution in [0.1, 0.15) is 97.3 Å². The van der Waals surface area contributed by atoms with Gasteiger partial charge in [-0.3, -0.25) is 9.59 Å². The van der Waals surface area contributed by atoms with E-state index >= 15 is 0 Å². The van der Waals surface area contributed by atoms with E-state index in [0.29, 0.717) is 31.1 Å². The van der Waals surface area contributed by atoms with Crippen LogP contribution in [-0.2, 0) is 14.3 Å². The van der Waals surface area contributed by atoms with Gasteiger partial charge in [0.2, 0.25) is 0 Å². The Kier molecular flexibility index (Phi) is 5.06. The monoisotopic (exact) mass is 436 g/mol. The summed E-state index contributed by atoms with van der Waals surface area (Å²) in [5.74, 6) is -0.359. The minimum Gasteiger partial charge on any atom is -0.469 e. The molecule has 4 nitrogen and oxygen atoms in total. The number of carbonyl (C=O) groups is 2. The number of methoxy groups -OCH3 is 1. The lowest BCUT2D eigenvalue weighted by Gasteiger charge is -2.62. The van der Waals surface area contributed by atoms with E-state index in [1.807, 2.05) is 0 Å². The Balaban J connectivity index is 1.67. The molecule has 5 unspecified atom stereocenters. The van der Waals surface area contributed by atoms with E-state index in [2.05, 4.69) is 20.8 Å². The Morgan fingerprint density at radius 1 is 1.19 bits per heavy atom. The summed E-state index contributed by atoms with van der Waals surface area (Å²) < 4.78 is 37.5. The predicted molar refractivity (Wildman–Crippen MR) is 121 cm³/mol. The first-order valence-electron chi connectivity index (χ1n) is 14.5. The Morgan fingerprint density at radius 3 is 2.61 bits per heavy atom. The van der Waals surface area contributed by atoms with E-state index in [-0.39, 0.29) is 46.3 Å². The molecule has 4 saturated carbocycles. The number of hydrogen-bond acceptors (Lipinski definition) is 4. The molecule has 0 heterocycles. The lowest BCUT2D eigenvalue weighted by molar-refractivity contribution is -0.173. The molecular weight excluding hydrogens is 388 g/mol. The highest BCUT2D eigenvalue weighted by atomic mass is 16.5. The molecule has 0 aromatic heterocycles. The second-order valence-corrected chi connectivity index (χ2v) is 11.7. The Morgan fingerprint density at radius 2 is 1.90 bits per heavy atom. The van der Waals surface area contributed by atoms with Crippen molar-refractivity contribution in [1.82, 2.24) is 0 Å². The van der Waals surface area contributed by atoms with Crippen LogP contribution in [0.3, 0.4) is 0 Å². The topological polar surface area (TPSA) is 63.6 Å². The highest BCUT2D eigenvalue weighted by Crippen LogP contribution is 2.68. The molecule has 0 aliphatic heterocycles. The van der Waals surface area contributed by atoms with Crippen molar-refractivity contribution in [2.75, 3.05) is 7.11 Å². The lowest BCUT2D eigenvalue weighted by atomic mass is 9.42. The number of fused-ring (bicyclic) bond motifs is 5. The maximum absolute atomic E-state index is 14.3. The quantitative estimate of drug-likeness (QED) is 0.585. The summed E-state index contributed by atoms with van der Waals surface area (Å²) in [6, 6.07) is 0. The van der Waals surface area contributed by atoms with E-state index in [1.54, 1.807) is 0 Å². The maximum Gasteiger partial charge on any atom is 0.305 e. The minimum absolute atomic E-state index is 0.0125. The fourth-order valence-electron chi connectivity index (χ4n) is 8.88. The molecule has 31 heavy (non-hydrogen) atoms. The van der Waals surface area contributed by atoms with Gasteiger partial charge >= 0.3 is 5.97 Å². The number of ketones is 1. The summed E-state index contributed by atoms with van der Waals surface area (Å²) in [5, 5.41) is 10.5. The van der Waals surface area contributed by atoms with Crippen molar-refractivity contribution in [3.8, 4) is 0 Å². The van der Waals surface area contributed by atoms with Gasteiger partial charge in [0.05, 0.1) is 13.2 Å². The maximum atomic E-state index is 14.3. The lowest BCUT2D eigenvalue weighted by Crippen LogP contribution is -2.60. The van der Waals surface area contributed by atoms with Crippen molar-refractivity contribution >= 4 is 11.8 Å². The molecule has 0 radical (unpaired) electrons. The first-order chi connectivity index (χ1) is 16.3. The number of rotatable bonds is 5. The molecule has 4 rings (SSSR count). The molecule has 4 heteroatoms. The Hall–Kier alpha value is -0.900. The average Bonchev–Trinajstić information content (AvgIpc) is 3.14. The summed E-state index contributed by atoms with van der Waals surface area (Å²) in [6.45, 7) is 4.24. The number of carbonyl (C=O) groups excluding carboxylic acids is 2. The van der Waals surface area contributed by atoms with E-state index in [4.69, 9.17) is 10.2 Å². The van der Waals surface area contributed by atoms with Crippen molar-refractivity contribution in [1.29, 1.82) is 0 Å². The third kappa shape index (κ3) is 3.60. The van der Waals surface area contributed by atoms with Gasteiger partial charge in [-0.2, -0.15) is 0 Å². The van der Waals surface area contributed by atoms with Crippen molar-refractivity contribution < 1.29 is 24.9 Å². The average molecular weight is 437 g/mol. The van der Waals surface area contributed by atoms with E-state index in [0.717, 1.165) is 38.5 Å². The summed E-state index contributed by atoms with van der Waals surface area (Å²) in [5.41, 5.74) is -0.241. The zero-order chi connectivity index (χ0) is 25.9. The zero-order valence-electron chi connectivity index (χ0n) is 23.7. The van der Waals surface area contributed by atoms with Crippen LogP contribution >= 0.6 is 0 Å². The first kappa shape index (κ1) is 18.5. The van der Waals surface area contributed by atoms with Crippen LogP contribution < -0.4 is 0 Å². The van der Waals surface area contributed by atoms with Crippen LogP contribution in [0.5, 0.6) is 0 Å². The molecule has 4 fully saturated rings. The van der Waals surface area contributed by atoms with Gasteiger partial charge in [-0.05, 0) is 98.2 Å². The van der Waals surface area contributed by atoms with Crippen LogP contribution in [0, 0.1) is 52.3 Å². The van der Waals surface area contributed by atoms with E-state index in [1.165, 1.54) is 7.11 Å². The van der Waals surface area contributed by atoms with Gasteiger partial charge in [0.1, 0.15) is 5.78 Å². The number of esters is 1. The Bertz CT molecular complexity index is 830. The van der Waals surface area contributed by atoms with Crippen LogP contribution in [0.4, 0.5) is 0 Å². The molecule has 0 amide bonds. The molecule has 1 N–H and O–H groups in total. The molecule has 4 aliphatic rings. The summed E-state index contributed by atoms with van der Waals surface area (Å²) >= 11 is 0. The van der Waals surface area contributed by atoms with Crippen molar-refractivity contribution in [2.24, 2.45) is 52.3 Å². The molecular formula is C27H44O4. The van der Waals surface area contributed by atoms with Gasteiger partial charge in [0, 0.05) is 23.7 Å². The molecule has 0 aromatic rings. The third-order valence-electron chi connectivity index (χ3n) is 10.6. The number of hydrogen-bond donors (Lipinski definition) is 1. The van der Waals surface area contributed by atoms with Gasteiger partial charge in [-0.1, -0.05) is 27.6 Å². The van der Waals surface area contributed by atoms with Gasteiger partial charge in [-0.25, -0.2) is 0 Å². The van der Waals surface area contributed by atoms with Crippen LogP contribution in [0.2, 0.25) is 0 Å². The van der Waals surface area contributed by atoms with Gasteiger partial charge in [0.15, 0.2) is 0 Å². The number of aliphatic hydroxyl groups excluding tert-OH is 1. The first-order valence-corrected chi connectivity index (χ1v) is 12.5. The molecule has 0 aromatic carbocycles. The normalized spacial score (nSPS) is 51.1. The highest BCUT2D eigenvalue weighted by Gasteiger charge is 2.65. The fourth-order valence-corrected chi connectivity index (χ4v) is 8.88. The van der Waals surface area contributed by atoms with Crippen LogP contribution in [0.15, 0.2) is 0 Å². The minimum atomic E-state index is -2.52. The summed E-state index contributed by atoms with van der Waals surface area (Å²) in [6.07, 6.45) is 5.06. The second-order valence-electron chi connectivity index (χ2n) is 11.7. The van der Waals surface area contributed by atoms with Crippen LogP contribution in [-0.4, -0.2) is 30.1 Å². The molecule has 176 valence electrons. The number of aliphatic hydroxyl groups is 1. The largest absolute Gasteiger partial charge is 0.469 e. The number of Topliss-reactive ketones (excluding diaryl/α,β-unsaturated/α-hetero) is 1. The van der Waals surface area contributed by atoms with Gasteiger partial charge in [-0.15, -0.1) is 0 Å². The SMILES string of the molecule is [2H]C([C@H]1C(=O)C2C3CCC([C@H](C)CCC(=O)OC)[C@@]3(C)CCC2[C@@]2(C)CC[C@@H](O)C[C@@H]12)C([2H])([2H])[2H]. The van der Waals surface area contributed by atoms with Gasteiger partial charge < -0.3 is 9.84 Å². The fraction of sp³-hybridized carbons (Fsp3) is 0.926. The smallest absolute Gasteiger partial charge is 0.305 e. The van der Waals surface area contributed by atoms with E-state index < -0.39 is 25.3 Å². The number of ether oxygens (including phenoxy) is 1. The van der Waals surface area contributed by atoms with Gasteiger partial charge in [0.25, 0.3) is 0 Å². The molecule has 0 bridgehead atoms. The second kappa shape index (κ2) is 8.47. The van der Waals surface area contributed by atoms with Crippen LogP contribution in [0.25, 0.3) is 0 Å². The molecule has 0 spiro atoms. The zero-order valence-corrected chi connectivity index (χ0v) is 19.7. The summed E-state index contributed by atoms with van der Waals surface area (Å²) in [7, 11) is 1.42.